The highest BCUT2D eigenvalue weighted by atomic mass is 79.9. The van der Waals surface area contributed by atoms with E-state index in [4.69, 9.17) is 13.3 Å². The van der Waals surface area contributed by atoms with Gasteiger partial charge in [-0.05, 0) is 21.7 Å². The number of halogens is 1. The summed E-state index contributed by atoms with van der Waals surface area (Å²) in [5.41, 5.74) is 0. The highest BCUT2D eigenvalue weighted by Gasteiger charge is 2.35. The van der Waals surface area contributed by atoms with Crippen molar-refractivity contribution in [2.24, 2.45) is 0 Å². The van der Waals surface area contributed by atoms with Crippen molar-refractivity contribution in [2.75, 3.05) is 20.8 Å². The van der Waals surface area contributed by atoms with Crippen LogP contribution >= 0.6 is 15.3 Å². The van der Waals surface area contributed by atoms with Gasteiger partial charge in [-0.3, -0.25) is 0 Å². The lowest BCUT2D eigenvalue weighted by molar-refractivity contribution is 0.127. The molecule has 0 aliphatic rings. The lowest BCUT2D eigenvalue weighted by Crippen LogP contribution is -2.37. The van der Waals surface area contributed by atoms with Gasteiger partial charge in [-0.25, -0.2) is 0 Å². The van der Waals surface area contributed by atoms with Crippen LogP contribution in [-0.2, 0) is 13.3 Å². The van der Waals surface area contributed by atoms with Gasteiger partial charge in [-0.1, -0.05) is 6.92 Å². The van der Waals surface area contributed by atoms with Crippen molar-refractivity contribution in [3.05, 3.63) is 0 Å². The first kappa shape index (κ1) is 10.6. The van der Waals surface area contributed by atoms with Crippen molar-refractivity contribution in [3.8, 4) is 0 Å². The maximum Gasteiger partial charge on any atom is 0.579 e. The first-order chi connectivity index (χ1) is 4.68. The average Bonchev–Trinajstić information content (AvgIpc) is 2.00. The zero-order valence-electron chi connectivity index (χ0n) is 6.52. The van der Waals surface area contributed by atoms with E-state index in [2.05, 4.69) is 15.3 Å². The smallest absolute Gasteiger partial charge is 0.369 e. The van der Waals surface area contributed by atoms with Crippen molar-refractivity contribution >= 4 is 22.7 Å². The Bertz CT molecular complexity index is 87.0. The monoisotopic (exact) mass is 228 g/mol. The van der Waals surface area contributed by atoms with Crippen LogP contribution in [0.25, 0.3) is 0 Å². The molecule has 0 atom stereocenters. The summed E-state index contributed by atoms with van der Waals surface area (Å²) in [6.45, 7) is 2.70. The third-order valence-electron chi connectivity index (χ3n) is 0.966. The Hall–Kier alpha value is 0.577. The molecule has 0 aromatic carbocycles. The third-order valence-corrected chi connectivity index (χ3v) is 5.12. The lowest BCUT2D eigenvalue weighted by Gasteiger charge is -2.18. The van der Waals surface area contributed by atoms with E-state index < -0.39 is 7.42 Å². The van der Waals surface area contributed by atoms with E-state index in [9.17, 15) is 0 Å². The summed E-state index contributed by atoms with van der Waals surface area (Å²) in [6.07, 6.45) is 0.965. The number of hydrogen-bond acceptors (Lipinski definition) is 3. The molecule has 0 radical (unpaired) electrons. The number of rotatable bonds is 5. The lowest BCUT2D eigenvalue weighted by atomic mass is 10.5. The van der Waals surface area contributed by atoms with Crippen LogP contribution in [0.4, 0.5) is 0 Å². The van der Waals surface area contributed by atoms with Gasteiger partial charge in [0.2, 0.25) is 0 Å². The summed E-state index contributed by atoms with van der Waals surface area (Å²) >= 11 is 3.26. The van der Waals surface area contributed by atoms with Gasteiger partial charge in [0.1, 0.15) is 0 Å². The first-order valence-corrected chi connectivity index (χ1v) is 7.10. The quantitative estimate of drug-likeness (QED) is 0.528. The van der Waals surface area contributed by atoms with Gasteiger partial charge < -0.3 is 13.3 Å². The van der Waals surface area contributed by atoms with E-state index >= 15 is 0 Å². The van der Waals surface area contributed by atoms with Gasteiger partial charge >= 0.3 is 7.42 Å². The molecule has 0 bridgehead atoms. The van der Waals surface area contributed by atoms with Crippen LogP contribution in [0.3, 0.4) is 0 Å². The second kappa shape index (κ2) is 5.26. The van der Waals surface area contributed by atoms with Crippen molar-refractivity contribution in [1.29, 1.82) is 0 Å². The molecule has 0 spiro atoms. The summed E-state index contributed by atoms with van der Waals surface area (Å²) < 4.78 is 15.3. The molecule has 0 aromatic rings. The Morgan fingerprint density at radius 1 is 1.30 bits per heavy atom. The van der Waals surface area contributed by atoms with Gasteiger partial charge in [0.15, 0.2) is 0 Å². The fourth-order valence-corrected chi connectivity index (χ4v) is 1.76. The van der Waals surface area contributed by atoms with Gasteiger partial charge in [-0.15, -0.1) is 0 Å². The molecular weight excluding hydrogens is 216 g/mol. The van der Waals surface area contributed by atoms with E-state index in [0.29, 0.717) is 6.61 Å². The minimum Gasteiger partial charge on any atom is -0.369 e. The van der Waals surface area contributed by atoms with Gasteiger partial charge in [0, 0.05) is 20.8 Å². The Balaban J connectivity index is 3.58. The Morgan fingerprint density at radius 2 is 1.80 bits per heavy atom. The molecule has 0 heterocycles. The topological polar surface area (TPSA) is 27.7 Å². The van der Waals surface area contributed by atoms with Crippen LogP contribution in [0.2, 0.25) is 0 Å². The molecule has 3 nitrogen and oxygen atoms in total. The molecule has 62 valence electrons. The van der Waals surface area contributed by atoms with Crippen molar-refractivity contribution in [2.45, 2.75) is 13.3 Å². The van der Waals surface area contributed by atoms with Crippen molar-refractivity contribution < 1.29 is 13.3 Å². The van der Waals surface area contributed by atoms with E-state index in [1.807, 2.05) is 6.92 Å². The molecule has 5 heteroatoms. The van der Waals surface area contributed by atoms with E-state index in [-0.39, 0.29) is 0 Å². The molecule has 0 aliphatic heterocycles. The predicted octanol–water partition coefficient (Wildman–Crippen LogP) is 1.54. The fourth-order valence-electron chi connectivity index (χ4n) is 0.425. The molecule has 0 aromatic heterocycles. The Labute approximate surface area is 70.6 Å². The average molecular weight is 229 g/mol. The number of hydrogen-bond donors (Lipinski definition) is 0. The predicted molar refractivity (Wildman–Crippen MR) is 44.9 cm³/mol. The molecule has 0 saturated heterocycles. The summed E-state index contributed by atoms with van der Waals surface area (Å²) in [5, 5.41) is 0. The zero-order valence-corrected chi connectivity index (χ0v) is 9.10. The maximum absolute atomic E-state index is 5.29. The third kappa shape index (κ3) is 3.67. The van der Waals surface area contributed by atoms with Crippen LogP contribution < -0.4 is 0 Å². The van der Waals surface area contributed by atoms with Crippen LogP contribution in [0.5, 0.6) is 0 Å². The molecule has 0 unspecified atom stereocenters. The maximum atomic E-state index is 5.29. The minimum atomic E-state index is -2.41. The van der Waals surface area contributed by atoms with E-state index in [0.717, 1.165) is 6.42 Å². The van der Waals surface area contributed by atoms with Crippen LogP contribution in [0.1, 0.15) is 13.3 Å². The van der Waals surface area contributed by atoms with E-state index in [1.54, 1.807) is 14.2 Å². The summed E-state index contributed by atoms with van der Waals surface area (Å²) in [5.74, 6) is 0. The fraction of sp³-hybridized carbons (Fsp3) is 1.00. The second-order valence-corrected chi connectivity index (χ2v) is 6.72. The minimum absolute atomic E-state index is 0.666. The van der Waals surface area contributed by atoms with E-state index in [1.165, 1.54) is 0 Å². The molecule has 0 amide bonds. The van der Waals surface area contributed by atoms with Gasteiger partial charge in [0.05, 0.1) is 0 Å². The summed E-state index contributed by atoms with van der Waals surface area (Å²) in [7, 11) is 0.733. The summed E-state index contributed by atoms with van der Waals surface area (Å²) in [6, 6.07) is 0. The molecular formula is C5H13BrO3Si. The van der Waals surface area contributed by atoms with Crippen LogP contribution in [0.15, 0.2) is 0 Å². The molecule has 0 N–H and O–H groups in total. The van der Waals surface area contributed by atoms with Crippen LogP contribution in [0, 0.1) is 0 Å². The molecule has 0 saturated carbocycles. The molecule has 10 heavy (non-hydrogen) atoms. The molecule has 0 fully saturated rings. The zero-order chi connectivity index (χ0) is 8.04. The van der Waals surface area contributed by atoms with Crippen LogP contribution in [-0.4, -0.2) is 28.3 Å². The SMILES string of the molecule is CCCO[Si](Br)(OC)OC. The second-order valence-electron chi connectivity index (χ2n) is 1.74. The highest BCUT2D eigenvalue weighted by molar-refractivity contribution is 9.25. The standard InChI is InChI=1S/C5H13BrO3Si/c1-4-5-9-10(6,7-2)8-3/h4-5H2,1-3H3. The highest BCUT2D eigenvalue weighted by Crippen LogP contribution is 2.14. The van der Waals surface area contributed by atoms with Gasteiger partial charge in [-0.2, -0.15) is 0 Å². The van der Waals surface area contributed by atoms with Gasteiger partial charge in [0.25, 0.3) is 0 Å². The van der Waals surface area contributed by atoms with Crippen molar-refractivity contribution in [3.63, 3.8) is 0 Å². The van der Waals surface area contributed by atoms with Crippen molar-refractivity contribution in [1.82, 2.24) is 0 Å². The molecule has 0 aliphatic carbocycles. The summed E-state index contributed by atoms with van der Waals surface area (Å²) in [4.78, 5) is 0. The largest absolute Gasteiger partial charge is 0.579 e. The normalized spacial score (nSPS) is 12.0. The first-order valence-electron chi connectivity index (χ1n) is 3.11. The Kier molecular flexibility index (Phi) is 5.56. The molecule has 0 rings (SSSR count). The Morgan fingerprint density at radius 3 is 2.10 bits per heavy atom.